The second-order valence-electron chi connectivity index (χ2n) is 6.42. The summed E-state index contributed by atoms with van der Waals surface area (Å²) in [5.74, 6) is 0.402. The molecule has 0 saturated heterocycles. The van der Waals surface area contributed by atoms with E-state index in [0.717, 1.165) is 17.4 Å². The maximum absolute atomic E-state index is 13.8. The lowest BCUT2D eigenvalue weighted by molar-refractivity contribution is 0.340. The highest BCUT2D eigenvalue weighted by Crippen LogP contribution is 2.15. The van der Waals surface area contributed by atoms with Crippen molar-refractivity contribution in [3.8, 4) is 5.75 Å². The number of aliphatic imine (C=N–C) groups is 1. The van der Waals surface area contributed by atoms with Gasteiger partial charge in [0.25, 0.3) is 0 Å². The van der Waals surface area contributed by atoms with Crippen LogP contribution in [0.2, 0.25) is 0 Å². The van der Waals surface area contributed by atoms with Crippen molar-refractivity contribution in [2.75, 3.05) is 32.5 Å². The van der Waals surface area contributed by atoms with Crippen LogP contribution < -0.4 is 10.1 Å². The number of guanidine groups is 1. The van der Waals surface area contributed by atoms with Gasteiger partial charge in [-0.25, -0.2) is 12.8 Å². The molecule has 0 fully saturated rings. The van der Waals surface area contributed by atoms with Crippen LogP contribution in [0, 0.1) is 5.82 Å². The van der Waals surface area contributed by atoms with Crippen molar-refractivity contribution in [3.63, 3.8) is 0 Å². The van der Waals surface area contributed by atoms with E-state index < -0.39 is 15.7 Å². The van der Waals surface area contributed by atoms with Gasteiger partial charge in [0.05, 0.1) is 18.9 Å². The van der Waals surface area contributed by atoms with Gasteiger partial charge in [0.2, 0.25) is 0 Å². The predicted molar refractivity (Wildman–Crippen MR) is 114 cm³/mol. The highest BCUT2D eigenvalue weighted by Gasteiger charge is 2.18. The molecule has 29 heavy (non-hydrogen) atoms. The van der Waals surface area contributed by atoms with Gasteiger partial charge in [-0.15, -0.1) is 0 Å². The summed E-state index contributed by atoms with van der Waals surface area (Å²) in [6.45, 7) is 5.77. The van der Waals surface area contributed by atoms with Gasteiger partial charge in [0.15, 0.2) is 15.8 Å². The Morgan fingerprint density at radius 2 is 1.83 bits per heavy atom. The number of nitrogens with one attached hydrogen (secondary N) is 1. The standard InChI is InChI=1S/C21H28FN3O3S/c1-4-23-21(25(3)16-17-10-12-18(13-11-17)28-5-2)24-14-15-29(26,27)20-9-7-6-8-19(20)22/h6-13H,4-5,14-16H2,1-3H3,(H,23,24). The van der Waals surface area contributed by atoms with Crippen LogP contribution in [0.3, 0.4) is 0 Å². The molecule has 2 aromatic carbocycles. The molecule has 0 bridgehead atoms. The average molecular weight is 422 g/mol. The van der Waals surface area contributed by atoms with Gasteiger partial charge in [0, 0.05) is 20.1 Å². The third kappa shape index (κ3) is 6.74. The zero-order valence-electron chi connectivity index (χ0n) is 17.1. The first-order chi connectivity index (χ1) is 13.9. The molecule has 2 rings (SSSR count). The molecule has 0 radical (unpaired) electrons. The topological polar surface area (TPSA) is 71.0 Å². The Hall–Kier alpha value is -2.61. The Labute approximate surface area is 172 Å². The number of hydrogen-bond donors (Lipinski definition) is 1. The largest absolute Gasteiger partial charge is 0.494 e. The molecule has 0 heterocycles. The van der Waals surface area contributed by atoms with Gasteiger partial charge in [0.1, 0.15) is 16.5 Å². The zero-order valence-corrected chi connectivity index (χ0v) is 17.9. The van der Waals surface area contributed by atoms with E-state index in [4.69, 9.17) is 4.74 Å². The van der Waals surface area contributed by atoms with Crippen LogP contribution in [0.1, 0.15) is 19.4 Å². The van der Waals surface area contributed by atoms with E-state index in [-0.39, 0.29) is 17.2 Å². The van der Waals surface area contributed by atoms with Crippen LogP contribution in [0.25, 0.3) is 0 Å². The molecule has 6 nitrogen and oxygen atoms in total. The highest BCUT2D eigenvalue weighted by atomic mass is 32.2. The molecular weight excluding hydrogens is 393 g/mol. The maximum atomic E-state index is 13.8. The number of benzene rings is 2. The number of sulfone groups is 1. The Morgan fingerprint density at radius 3 is 2.45 bits per heavy atom. The third-order valence-corrected chi connectivity index (χ3v) is 5.87. The minimum Gasteiger partial charge on any atom is -0.494 e. The molecule has 2 aromatic rings. The summed E-state index contributed by atoms with van der Waals surface area (Å²) in [6.07, 6.45) is 0. The first-order valence-corrected chi connectivity index (χ1v) is 11.2. The quantitative estimate of drug-likeness (QED) is 0.498. The van der Waals surface area contributed by atoms with Crippen molar-refractivity contribution < 1.29 is 17.5 Å². The molecule has 0 saturated carbocycles. The van der Waals surface area contributed by atoms with Gasteiger partial charge in [-0.1, -0.05) is 24.3 Å². The molecular formula is C21H28FN3O3S. The van der Waals surface area contributed by atoms with Crippen molar-refractivity contribution in [3.05, 3.63) is 59.9 Å². The molecule has 1 N–H and O–H groups in total. The predicted octanol–water partition coefficient (Wildman–Crippen LogP) is 3.10. The van der Waals surface area contributed by atoms with Crippen molar-refractivity contribution in [2.45, 2.75) is 25.3 Å². The fourth-order valence-corrected chi connectivity index (χ4v) is 3.96. The Bertz CT molecular complexity index is 915. The summed E-state index contributed by atoms with van der Waals surface area (Å²) in [6, 6.07) is 13.2. The van der Waals surface area contributed by atoms with Crippen molar-refractivity contribution in [1.29, 1.82) is 0 Å². The Balaban J connectivity index is 2.03. The minimum atomic E-state index is -3.74. The summed E-state index contributed by atoms with van der Waals surface area (Å²) in [5, 5.41) is 3.15. The number of ether oxygens (including phenoxy) is 1. The van der Waals surface area contributed by atoms with E-state index >= 15 is 0 Å². The minimum absolute atomic E-state index is 0.0343. The van der Waals surface area contributed by atoms with Crippen LogP contribution >= 0.6 is 0 Å². The van der Waals surface area contributed by atoms with Crippen molar-refractivity contribution in [2.24, 2.45) is 4.99 Å². The summed E-state index contributed by atoms with van der Waals surface area (Å²) in [5.41, 5.74) is 1.07. The zero-order chi connectivity index (χ0) is 21.3. The highest BCUT2D eigenvalue weighted by molar-refractivity contribution is 7.91. The molecule has 0 spiro atoms. The molecule has 0 amide bonds. The summed E-state index contributed by atoms with van der Waals surface area (Å²) in [7, 11) is -1.86. The summed E-state index contributed by atoms with van der Waals surface area (Å²) >= 11 is 0. The molecule has 0 aromatic heterocycles. The molecule has 158 valence electrons. The van der Waals surface area contributed by atoms with Crippen LogP contribution in [0.15, 0.2) is 58.4 Å². The van der Waals surface area contributed by atoms with Crippen LogP contribution in [-0.2, 0) is 16.4 Å². The van der Waals surface area contributed by atoms with Crippen molar-refractivity contribution in [1.82, 2.24) is 10.2 Å². The van der Waals surface area contributed by atoms with Crippen LogP contribution in [0.5, 0.6) is 5.75 Å². The second kappa shape index (κ2) is 10.8. The Morgan fingerprint density at radius 1 is 1.14 bits per heavy atom. The molecule has 0 aliphatic heterocycles. The van der Waals surface area contributed by atoms with E-state index in [1.54, 1.807) is 0 Å². The van der Waals surface area contributed by atoms with Crippen molar-refractivity contribution >= 4 is 15.8 Å². The third-order valence-electron chi connectivity index (χ3n) is 4.14. The summed E-state index contributed by atoms with van der Waals surface area (Å²) in [4.78, 5) is 6.02. The molecule has 0 atom stereocenters. The van der Waals surface area contributed by atoms with E-state index in [1.165, 1.54) is 18.2 Å². The van der Waals surface area contributed by atoms with E-state index in [2.05, 4.69) is 10.3 Å². The lowest BCUT2D eigenvalue weighted by atomic mass is 10.2. The van der Waals surface area contributed by atoms with Gasteiger partial charge < -0.3 is 15.0 Å². The number of hydrogen-bond acceptors (Lipinski definition) is 4. The lowest BCUT2D eigenvalue weighted by Crippen LogP contribution is -2.38. The Kier molecular flexibility index (Phi) is 8.45. The second-order valence-corrected chi connectivity index (χ2v) is 8.50. The van der Waals surface area contributed by atoms with E-state index in [1.807, 2.05) is 50.1 Å². The van der Waals surface area contributed by atoms with Crippen LogP contribution in [-0.4, -0.2) is 51.8 Å². The van der Waals surface area contributed by atoms with Gasteiger partial charge in [-0.2, -0.15) is 0 Å². The first kappa shape index (κ1) is 22.7. The molecule has 0 aliphatic rings. The summed E-state index contributed by atoms with van der Waals surface area (Å²) < 4.78 is 44.0. The molecule has 0 aliphatic carbocycles. The van der Waals surface area contributed by atoms with Gasteiger partial charge >= 0.3 is 0 Å². The van der Waals surface area contributed by atoms with E-state index in [0.29, 0.717) is 25.7 Å². The lowest BCUT2D eigenvalue weighted by Gasteiger charge is -2.22. The van der Waals surface area contributed by atoms with E-state index in [9.17, 15) is 12.8 Å². The van der Waals surface area contributed by atoms with Crippen LogP contribution in [0.4, 0.5) is 4.39 Å². The van der Waals surface area contributed by atoms with Gasteiger partial charge in [-0.3, -0.25) is 4.99 Å². The SMILES string of the molecule is CCNC(=NCCS(=O)(=O)c1ccccc1F)N(C)Cc1ccc(OCC)cc1. The normalized spacial score (nSPS) is 11.9. The monoisotopic (exact) mass is 421 g/mol. The average Bonchev–Trinajstić information content (AvgIpc) is 2.69. The number of nitrogens with zero attached hydrogens (tertiary/aromatic N) is 2. The smallest absolute Gasteiger partial charge is 0.193 e. The first-order valence-electron chi connectivity index (χ1n) is 9.55. The molecule has 8 heteroatoms. The molecule has 0 unspecified atom stereocenters. The number of rotatable bonds is 9. The number of halogens is 1. The van der Waals surface area contributed by atoms with Gasteiger partial charge in [-0.05, 0) is 43.7 Å². The fraction of sp³-hybridized carbons (Fsp3) is 0.381. The fourth-order valence-electron chi connectivity index (χ4n) is 2.75. The maximum Gasteiger partial charge on any atom is 0.193 e.